The number of nitrogens with zero attached hydrogens (tertiary/aromatic N) is 3. The summed E-state index contributed by atoms with van der Waals surface area (Å²) < 4.78 is 1.88. The molecule has 0 bridgehead atoms. The van der Waals surface area contributed by atoms with Crippen molar-refractivity contribution < 1.29 is 4.79 Å². The molecule has 2 N–H and O–H groups in total. The standard InChI is InChI=1S/C22H18N4O.C2H6/c1-4-15-9-10-18-17(11-15)19(16-8-6-5-7-13(16)2)25-14(3)21-20(22(23)27)24-12-26(18)21;1-2/h1,5-12,14H,2-3H3,(H2,23,27);1-2H3/t14-;/m0./s1. The van der Waals surface area contributed by atoms with Crippen LogP contribution in [0.5, 0.6) is 0 Å². The zero-order valence-electron chi connectivity index (χ0n) is 17.1. The summed E-state index contributed by atoms with van der Waals surface area (Å²) in [6.07, 6.45) is 7.25. The van der Waals surface area contributed by atoms with E-state index in [2.05, 4.69) is 23.9 Å². The molecule has 0 spiro atoms. The Morgan fingerprint density at radius 2 is 1.90 bits per heavy atom. The quantitative estimate of drug-likeness (QED) is 0.673. The van der Waals surface area contributed by atoms with Crippen LogP contribution in [-0.2, 0) is 0 Å². The number of carbonyl (C=O) groups excluding carboxylic acids is 1. The lowest BCUT2D eigenvalue weighted by Crippen LogP contribution is -2.15. The van der Waals surface area contributed by atoms with E-state index in [-0.39, 0.29) is 11.7 Å². The van der Waals surface area contributed by atoms with E-state index in [0.29, 0.717) is 5.69 Å². The molecule has 3 aromatic rings. The molecule has 1 aromatic heterocycles. The summed E-state index contributed by atoms with van der Waals surface area (Å²) in [6, 6.07) is 13.5. The van der Waals surface area contributed by atoms with Crippen LogP contribution in [0.3, 0.4) is 0 Å². The van der Waals surface area contributed by atoms with Crippen molar-refractivity contribution in [3.63, 3.8) is 0 Å². The van der Waals surface area contributed by atoms with E-state index in [1.165, 1.54) is 0 Å². The predicted octanol–water partition coefficient (Wildman–Crippen LogP) is 4.20. The van der Waals surface area contributed by atoms with Gasteiger partial charge < -0.3 is 5.73 Å². The fourth-order valence-corrected chi connectivity index (χ4v) is 3.54. The van der Waals surface area contributed by atoms with E-state index in [1.807, 2.05) is 61.7 Å². The maximum Gasteiger partial charge on any atom is 0.269 e. The summed E-state index contributed by atoms with van der Waals surface area (Å²) in [5.41, 5.74) is 12.0. The lowest BCUT2D eigenvalue weighted by atomic mass is 9.95. The second kappa shape index (κ2) is 8.15. The van der Waals surface area contributed by atoms with Crippen molar-refractivity contribution in [1.29, 1.82) is 0 Å². The molecule has 5 heteroatoms. The first-order valence-corrected chi connectivity index (χ1v) is 9.63. The molecule has 0 saturated heterocycles. The van der Waals surface area contributed by atoms with Crippen LogP contribution < -0.4 is 5.73 Å². The molecule has 0 radical (unpaired) electrons. The fourth-order valence-electron chi connectivity index (χ4n) is 3.54. The number of imidazole rings is 1. The highest BCUT2D eigenvalue weighted by Crippen LogP contribution is 2.33. The van der Waals surface area contributed by atoms with Crippen LogP contribution in [0.2, 0.25) is 0 Å². The average Bonchev–Trinajstić information content (AvgIpc) is 3.14. The molecule has 0 aliphatic carbocycles. The van der Waals surface area contributed by atoms with Crippen LogP contribution in [0.1, 0.15) is 65.2 Å². The number of terminal acetylenes is 1. The van der Waals surface area contributed by atoms with Crippen molar-refractivity contribution in [2.24, 2.45) is 10.7 Å². The van der Waals surface area contributed by atoms with E-state index in [9.17, 15) is 4.79 Å². The van der Waals surface area contributed by atoms with Gasteiger partial charge in [0, 0.05) is 16.7 Å². The largest absolute Gasteiger partial charge is 0.364 e. The number of aromatic nitrogens is 2. The monoisotopic (exact) mass is 384 g/mol. The molecular formula is C24H24N4O. The number of rotatable bonds is 2. The number of primary amides is 1. The van der Waals surface area contributed by atoms with Gasteiger partial charge in [-0.3, -0.25) is 14.4 Å². The van der Waals surface area contributed by atoms with Crippen molar-refractivity contribution in [3.05, 3.63) is 82.4 Å². The fraction of sp³-hybridized carbons (Fsp3) is 0.208. The molecule has 4 rings (SSSR count). The molecule has 0 fully saturated rings. The number of aryl methyl sites for hydroxylation is 1. The van der Waals surface area contributed by atoms with Crippen LogP contribution in [0.25, 0.3) is 5.69 Å². The van der Waals surface area contributed by atoms with Crippen LogP contribution in [0, 0.1) is 19.3 Å². The van der Waals surface area contributed by atoms with Gasteiger partial charge >= 0.3 is 0 Å². The second-order valence-electron chi connectivity index (χ2n) is 6.56. The Morgan fingerprint density at radius 3 is 2.55 bits per heavy atom. The third-order valence-corrected chi connectivity index (χ3v) is 4.83. The Kier molecular flexibility index (Phi) is 5.65. The molecule has 29 heavy (non-hydrogen) atoms. The maximum absolute atomic E-state index is 11.9. The van der Waals surface area contributed by atoms with Crippen molar-refractivity contribution in [3.8, 4) is 18.0 Å². The zero-order chi connectivity index (χ0) is 21.1. The number of carbonyl (C=O) groups is 1. The third-order valence-electron chi connectivity index (χ3n) is 4.83. The average molecular weight is 384 g/mol. The number of aliphatic imine (C=N–C) groups is 1. The third kappa shape index (κ3) is 3.45. The minimum Gasteiger partial charge on any atom is -0.364 e. The van der Waals surface area contributed by atoms with Gasteiger partial charge in [-0.15, -0.1) is 6.42 Å². The lowest BCUT2D eigenvalue weighted by molar-refractivity contribution is 0.0994. The van der Waals surface area contributed by atoms with E-state index in [4.69, 9.17) is 17.1 Å². The maximum atomic E-state index is 11.9. The van der Waals surface area contributed by atoms with Gasteiger partial charge in [0.15, 0.2) is 5.69 Å². The number of hydrogen-bond donors (Lipinski definition) is 1. The van der Waals surface area contributed by atoms with E-state index >= 15 is 0 Å². The highest BCUT2D eigenvalue weighted by atomic mass is 16.1. The van der Waals surface area contributed by atoms with E-state index < -0.39 is 5.91 Å². The van der Waals surface area contributed by atoms with Gasteiger partial charge in [0.1, 0.15) is 6.33 Å². The van der Waals surface area contributed by atoms with Crippen LogP contribution >= 0.6 is 0 Å². The molecule has 1 aliphatic rings. The molecule has 0 saturated carbocycles. The minimum atomic E-state index is -0.563. The van der Waals surface area contributed by atoms with Crippen molar-refractivity contribution in [2.75, 3.05) is 0 Å². The minimum absolute atomic E-state index is 0.240. The van der Waals surface area contributed by atoms with Gasteiger partial charge in [-0.1, -0.05) is 44.0 Å². The lowest BCUT2D eigenvalue weighted by Gasteiger charge is -2.13. The summed E-state index contributed by atoms with van der Waals surface area (Å²) in [6.45, 7) is 7.99. The molecule has 0 unspecified atom stereocenters. The summed E-state index contributed by atoms with van der Waals surface area (Å²) in [5.74, 6) is 2.13. The first kappa shape index (κ1) is 20.1. The summed E-state index contributed by atoms with van der Waals surface area (Å²) in [4.78, 5) is 21.1. The van der Waals surface area contributed by atoms with Gasteiger partial charge in [0.2, 0.25) is 0 Å². The second-order valence-corrected chi connectivity index (χ2v) is 6.56. The molecule has 2 heterocycles. The predicted molar refractivity (Wildman–Crippen MR) is 117 cm³/mol. The van der Waals surface area contributed by atoms with E-state index in [0.717, 1.165) is 33.7 Å². The highest BCUT2D eigenvalue weighted by molar-refractivity contribution is 6.16. The van der Waals surface area contributed by atoms with Crippen molar-refractivity contribution in [2.45, 2.75) is 33.7 Å². The first-order chi connectivity index (χ1) is 14.0. The Bertz CT molecular complexity index is 1150. The SMILES string of the molecule is C#Cc1ccc2c(c1)C(c1ccccc1C)=N[C@@H](C)c1c(C(N)=O)ncn1-2.CC. The van der Waals surface area contributed by atoms with Gasteiger partial charge in [0.05, 0.1) is 23.1 Å². The van der Waals surface area contributed by atoms with Gasteiger partial charge in [-0.25, -0.2) is 4.98 Å². The summed E-state index contributed by atoms with van der Waals surface area (Å²) >= 11 is 0. The number of nitrogens with two attached hydrogens (primary N) is 1. The number of hydrogen-bond acceptors (Lipinski definition) is 3. The molecule has 146 valence electrons. The molecular weight excluding hydrogens is 360 g/mol. The normalized spacial score (nSPS) is 14.3. The van der Waals surface area contributed by atoms with Gasteiger partial charge in [-0.05, 0) is 37.6 Å². The zero-order valence-corrected chi connectivity index (χ0v) is 17.1. The molecule has 1 atom stereocenters. The molecule has 2 aromatic carbocycles. The Balaban J connectivity index is 0.00000117. The summed E-state index contributed by atoms with van der Waals surface area (Å²) in [5, 5.41) is 0. The van der Waals surface area contributed by atoms with E-state index in [1.54, 1.807) is 6.33 Å². The Morgan fingerprint density at radius 1 is 1.17 bits per heavy atom. The molecule has 1 amide bonds. The van der Waals surface area contributed by atoms with Gasteiger partial charge in [-0.2, -0.15) is 0 Å². The Labute approximate surface area is 171 Å². The van der Waals surface area contributed by atoms with Crippen molar-refractivity contribution in [1.82, 2.24) is 9.55 Å². The van der Waals surface area contributed by atoms with Crippen LogP contribution in [-0.4, -0.2) is 21.2 Å². The molecule has 1 aliphatic heterocycles. The van der Waals surface area contributed by atoms with Crippen molar-refractivity contribution >= 4 is 11.6 Å². The van der Waals surface area contributed by atoms with Gasteiger partial charge in [0.25, 0.3) is 5.91 Å². The summed E-state index contributed by atoms with van der Waals surface area (Å²) in [7, 11) is 0. The smallest absolute Gasteiger partial charge is 0.269 e. The molecule has 5 nitrogen and oxygen atoms in total. The van der Waals surface area contributed by atoms with Crippen LogP contribution in [0.15, 0.2) is 53.8 Å². The number of fused-ring (bicyclic) bond motifs is 3. The number of amides is 1. The Hall–Kier alpha value is -3.65. The van der Waals surface area contributed by atoms with Crippen LogP contribution in [0.4, 0.5) is 0 Å². The number of benzene rings is 2. The first-order valence-electron chi connectivity index (χ1n) is 9.63. The topological polar surface area (TPSA) is 73.3 Å². The highest BCUT2D eigenvalue weighted by Gasteiger charge is 2.28.